The molecule has 1 heterocycles. The summed E-state index contributed by atoms with van der Waals surface area (Å²) in [4.78, 5) is 16.8. The number of amides is 1. The number of hydrogen-bond donors (Lipinski definition) is 1. The van der Waals surface area contributed by atoms with E-state index in [1.54, 1.807) is 7.11 Å². The second-order valence-corrected chi connectivity index (χ2v) is 7.54. The molecule has 4 nitrogen and oxygen atoms in total. The molecular weight excluding hydrogens is 296 g/mol. The third-order valence-corrected chi connectivity index (χ3v) is 6.12. The number of ether oxygens (including phenoxy) is 1. The molecule has 2 bridgehead atoms. The molecule has 116 valence electrons. The number of nitrogens with one attached hydrogen (secondary N) is 1. The third-order valence-electron chi connectivity index (χ3n) is 5.18. The lowest BCUT2D eigenvalue weighted by Gasteiger charge is -2.20. The van der Waals surface area contributed by atoms with Crippen LogP contribution < -0.4 is 10.1 Å². The summed E-state index contributed by atoms with van der Waals surface area (Å²) in [5.74, 6) is 3.11. The number of carbonyl (C=O) groups excluding carboxylic acids is 1. The molecular formula is C17H20N2O2S. The second-order valence-electron chi connectivity index (χ2n) is 6.51. The van der Waals surface area contributed by atoms with Crippen LogP contribution in [-0.4, -0.2) is 18.0 Å². The molecule has 2 saturated carbocycles. The van der Waals surface area contributed by atoms with Gasteiger partial charge in [-0.25, -0.2) is 4.98 Å². The van der Waals surface area contributed by atoms with Crippen LogP contribution in [0.25, 0.3) is 10.2 Å². The maximum absolute atomic E-state index is 12.3. The summed E-state index contributed by atoms with van der Waals surface area (Å²) in [6.07, 6.45) is 5.93. The third kappa shape index (κ3) is 2.47. The number of nitrogens with zero attached hydrogens (tertiary/aromatic N) is 1. The molecule has 0 unspecified atom stereocenters. The van der Waals surface area contributed by atoms with Gasteiger partial charge in [0.15, 0.2) is 5.13 Å². The molecule has 3 atom stereocenters. The Hall–Kier alpha value is -1.62. The Balaban J connectivity index is 1.45. The van der Waals surface area contributed by atoms with Gasteiger partial charge in [-0.15, -0.1) is 0 Å². The van der Waals surface area contributed by atoms with Gasteiger partial charge in [0.05, 0.1) is 11.8 Å². The highest BCUT2D eigenvalue weighted by atomic mass is 32.1. The fourth-order valence-electron chi connectivity index (χ4n) is 4.18. The number of fused-ring (bicyclic) bond motifs is 3. The highest BCUT2D eigenvalue weighted by Crippen LogP contribution is 2.49. The van der Waals surface area contributed by atoms with Crippen LogP contribution in [0.4, 0.5) is 5.13 Å². The van der Waals surface area contributed by atoms with Gasteiger partial charge in [0.25, 0.3) is 0 Å². The SMILES string of the molecule is COc1cccc2sc(NC(=O)C[C@H]3C[C@H]4CC[C@H]3C4)nc12. The monoisotopic (exact) mass is 316 g/mol. The normalized spacial score (nSPS) is 26.5. The van der Waals surface area contributed by atoms with Gasteiger partial charge in [0.1, 0.15) is 11.3 Å². The first-order chi connectivity index (χ1) is 10.7. The van der Waals surface area contributed by atoms with Crippen molar-refractivity contribution >= 4 is 32.6 Å². The van der Waals surface area contributed by atoms with Crippen LogP contribution in [0.15, 0.2) is 18.2 Å². The Morgan fingerprint density at radius 2 is 2.32 bits per heavy atom. The molecule has 0 aliphatic heterocycles. The van der Waals surface area contributed by atoms with E-state index >= 15 is 0 Å². The van der Waals surface area contributed by atoms with Gasteiger partial charge in [-0.1, -0.05) is 23.8 Å². The van der Waals surface area contributed by atoms with Gasteiger partial charge in [0, 0.05) is 6.42 Å². The molecule has 1 aromatic heterocycles. The predicted octanol–water partition coefficient (Wildman–Crippen LogP) is 4.07. The lowest BCUT2D eigenvalue weighted by Crippen LogP contribution is -2.20. The van der Waals surface area contributed by atoms with E-state index in [9.17, 15) is 4.79 Å². The summed E-state index contributed by atoms with van der Waals surface area (Å²) >= 11 is 1.51. The summed E-state index contributed by atoms with van der Waals surface area (Å²) in [6, 6.07) is 5.84. The molecule has 2 fully saturated rings. The highest BCUT2D eigenvalue weighted by molar-refractivity contribution is 7.22. The number of hydrogen-bond acceptors (Lipinski definition) is 4. The largest absolute Gasteiger partial charge is 0.494 e. The van der Waals surface area contributed by atoms with Crippen molar-refractivity contribution < 1.29 is 9.53 Å². The van der Waals surface area contributed by atoms with E-state index in [0.717, 1.165) is 27.8 Å². The Morgan fingerprint density at radius 3 is 3.05 bits per heavy atom. The van der Waals surface area contributed by atoms with Crippen LogP contribution in [0.2, 0.25) is 0 Å². The molecule has 2 aliphatic rings. The first kappa shape index (κ1) is 14.0. The minimum absolute atomic E-state index is 0.107. The number of rotatable bonds is 4. The van der Waals surface area contributed by atoms with E-state index in [1.807, 2.05) is 18.2 Å². The van der Waals surface area contributed by atoms with Crippen LogP contribution in [0.1, 0.15) is 32.1 Å². The Kier molecular flexibility index (Phi) is 3.53. The summed E-state index contributed by atoms with van der Waals surface area (Å²) in [6.45, 7) is 0. The van der Waals surface area contributed by atoms with Gasteiger partial charge in [-0.2, -0.15) is 0 Å². The molecule has 2 aromatic rings. The van der Waals surface area contributed by atoms with Crippen molar-refractivity contribution in [1.82, 2.24) is 4.98 Å². The topological polar surface area (TPSA) is 51.2 Å². The quantitative estimate of drug-likeness (QED) is 0.925. The average Bonchev–Trinajstić information content (AvgIpc) is 3.20. The van der Waals surface area contributed by atoms with E-state index < -0.39 is 0 Å². The minimum Gasteiger partial charge on any atom is -0.494 e. The summed E-state index contributed by atoms with van der Waals surface area (Å²) < 4.78 is 6.35. The number of anilines is 1. The van der Waals surface area contributed by atoms with E-state index in [0.29, 0.717) is 17.5 Å². The average molecular weight is 316 g/mol. The van der Waals surface area contributed by atoms with E-state index in [1.165, 1.54) is 37.0 Å². The van der Waals surface area contributed by atoms with Gasteiger partial charge < -0.3 is 10.1 Å². The molecule has 1 amide bonds. The highest BCUT2D eigenvalue weighted by Gasteiger charge is 2.40. The molecule has 22 heavy (non-hydrogen) atoms. The zero-order chi connectivity index (χ0) is 15.1. The number of benzene rings is 1. The molecule has 1 aromatic carbocycles. The smallest absolute Gasteiger partial charge is 0.226 e. The van der Waals surface area contributed by atoms with Crippen molar-refractivity contribution in [3.05, 3.63) is 18.2 Å². The first-order valence-electron chi connectivity index (χ1n) is 7.96. The maximum atomic E-state index is 12.3. The lowest BCUT2D eigenvalue weighted by molar-refractivity contribution is -0.117. The molecule has 1 N–H and O–H groups in total. The molecule has 2 aliphatic carbocycles. The van der Waals surface area contributed by atoms with Crippen LogP contribution in [0, 0.1) is 17.8 Å². The Morgan fingerprint density at radius 1 is 1.41 bits per heavy atom. The zero-order valence-corrected chi connectivity index (χ0v) is 13.5. The van der Waals surface area contributed by atoms with E-state index in [-0.39, 0.29) is 5.91 Å². The van der Waals surface area contributed by atoms with Crippen molar-refractivity contribution in [2.75, 3.05) is 12.4 Å². The van der Waals surface area contributed by atoms with Gasteiger partial charge in [0.2, 0.25) is 5.91 Å². The number of para-hydroxylation sites is 1. The van der Waals surface area contributed by atoms with Crippen LogP contribution >= 0.6 is 11.3 Å². The molecule has 0 spiro atoms. The minimum atomic E-state index is 0.107. The number of carbonyl (C=O) groups is 1. The van der Waals surface area contributed by atoms with Crippen molar-refractivity contribution in [3.63, 3.8) is 0 Å². The molecule has 5 heteroatoms. The second kappa shape index (κ2) is 5.54. The van der Waals surface area contributed by atoms with E-state index in [2.05, 4.69) is 10.3 Å². The molecule has 0 saturated heterocycles. The van der Waals surface area contributed by atoms with Crippen LogP contribution in [0.3, 0.4) is 0 Å². The van der Waals surface area contributed by atoms with Crippen molar-refractivity contribution in [3.8, 4) is 5.75 Å². The zero-order valence-electron chi connectivity index (χ0n) is 12.7. The van der Waals surface area contributed by atoms with Crippen LogP contribution in [0.5, 0.6) is 5.75 Å². The molecule has 4 rings (SSSR count). The Labute approximate surface area is 133 Å². The predicted molar refractivity (Wildman–Crippen MR) is 88.4 cm³/mol. The molecule has 0 radical (unpaired) electrons. The van der Waals surface area contributed by atoms with Crippen molar-refractivity contribution in [2.24, 2.45) is 17.8 Å². The van der Waals surface area contributed by atoms with Gasteiger partial charge in [-0.3, -0.25) is 4.79 Å². The van der Waals surface area contributed by atoms with Crippen molar-refractivity contribution in [1.29, 1.82) is 0 Å². The summed E-state index contributed by atoms with van der Waals surface area (Å²) in [5.41, 5.74) is 0.824. The van der Waals surface area contributed by atoms with E-state index in [4.69, 9.17) is 4.74 Å². The summed E-state index contributed by atoms with van der Waals surface area (Å²) in [5, 5.41) is 3.66. The number of aromatic nitrogens is 1. The first-order valence-corrected chi connectivity index (χ1v) is 8.78. The standard InChI is InChI=1S/C17H20N2O2S/c1-21-13-3-2-4-14-16(13)19-17(22-14)18-15(20)9-12-8-10-5-6-11(12)7-10/h2-4,10-12H,5-9H2,1H3,(H,18,19,20)/t10-,11-,12+/m0/s1. The summed E-state index contributed by atoms with van der Waals surface area (Å²) in [7, 11) is 1.64. The number of thiazole rings is 1. The van der Waals surface area contributed by atoms with Crippen molar-refractivity contribution in [2.45, 2.75) is 32.1 Å². The van der Waals surface area contributed by atoms with Gasteiger partial charge in [-0.05, 0) is 49.1 Å². The fourth-order valence-corrected chi connectivity index (χ4v) is 5.08. The Bertz CT molecular complexity index is 712. The number of methoxy groups -OCH3 is 1. The fraction of sp³-hybridized carbons (Fsp3) is 0.529. The lowest BCUT2D eigenvalue weighted by atomic mass is 9.86. The van der Waals surface area contributed by atoms with Crippen LogP contribution in [-0.2, 0) is 4.79 Å². The maximum Gasteiger partial charge on any atom is 0.226 e. The van der Waals surface area contributed by atoms with Gasteiger partial charge >= 0.3 is 0 Å².